The van der Waals surface area contributed by atoms with Crippen molar-refractivity contribution in [3.05, 3.63) is 0 Å². The van der Waals surface area contributed by atoms with Crippen LogP contribution in [0.3, 0.4) is 0 Å². The number of aliphatic hydroxyl groups excluding tert-OH is 1. The van der Waals surface area contributed by atoms with E-state index in [9.17, 15) is 27.5 Å². The van der Waals surface area contributed by atoms with Crippen LogP contribution in [0.15, 0.2) is 0 Å². The first-order valence-corrected chi connectivity index (χ1v) is 5.87. The third kappa shape index (κ3) is 5.73. The maximum atomic E-state index is 13.5. The van der Waals surface area contributed by atoms with Crippen LogP contribution in [0.5, 0.6) is 0 Å². The largest absolute Gasteiger partial charge is 0.385 e. The van der Waals surface area contributed by atoms with Crippen LogP contribution in [0.4, 0.5) is 17.6 Å². The van der Waals surface area contributed by atoms with E-state index in [-0.39, 0.29) is 0 Å². The Morgan fingerprint density at radius 1 is 1.32 bits per heavy atom. The number of carbonyl (C=O) groups is 1. The minimum atomic E-state index is -4.12. The normalized spacial score (nSPS) is 16.3. The summed E-state index contributed by atoms with van der Waals surface area (Å²) in [5.41, 5.74) is 5.35. The Hall–Kier alpha value is -0.890. The molecule has 0 aromatic heterocycles. The van der Waals surface area contributed by atoms with Gasteiger partial charge in [0.15, 0.2) is 0 Å². The van der Waals surface area contributed by atoms with Gasteiger partial charge in [0.2, 0.25) is 5.92 Å². The summed E-state index contributed by atoms with van der Waals surface area (Å²) in [5, 5.41) is 11.0. The summed E-state index contributed by atoms with van der Waals surface area (Å²) < 4.78 is 51.9. The average Bonchev–Trinajstić information content (AvgIpc) is 2.24. The van der Waals surface area contributed by atoms with Crippen LogP contribution in [0.1, 0.15) is 27.2 Å². The molecule has 4 nitrogen and oxygen atoms in total. The zero-order valence-corrected chi connectivity index (χ0v) is 11.1. The second-order valence-electron chi connectivity index (χ2n) is 4.97. The topological polar surface area (TPSA) is 75.3 Å². The molecule has 0 heterocycles. The summed E-state index contributed by atoms with van der Waals surface area (Å²) in [5.74, 6) is -9.45. The molecule has 0 aromatic rings. The molecule has 4 N–H and O–H groups in total. The molecule has 0 aliphatic rings. The number of rotatable bonds is 7. The number of hydrogen-bond acceptors (Lipinski definition) is 3. The molecule has 8 heteroatoms. The third-order valence-corrected chi connectivity index (χ3v) is 2.66. The number of nitrogens with one attached hydrogen (secondary N) is 1. The molecule has 114 valence electrons. The highest BCUT2D eigenvalue weighted by Gasteiger charge is 2.49. The van der Waals surface area contributed by atoms with Gasteiger partial charge in [0.25, 0.3) is 5.91 Å². The summed E-state index contributed by atoms with van der Waals surface area (Å²) >= 11 is 0. The molecule has 1 amide bonds. The van der Waals surface area contributed by atoms with Gasteiger partial charge in [-0.05, 0) is 12.8 Å². The lowest BCUT2D eigenvalue weighted by molar-refractivity contribution is -0.167. The molecule has 19 heavy (non-hydrogen) atoms. The number of nitrogens with two attached hydrogens (primary N) is 1. The van der Waals surface area contributed by atoms with E-state index < -0.39 is 48.8 Å². The molecule has 0 saturated heterocycles. The number of amides is 1. The number of carbonyl (C=O) groups excluding carboxylic acids is 1. The molecule has 2 atom stereocenters. The predicted molar refractivity (Wildman–Crippen MR) is 62.0 cm³/mol. The Morgan fingerprint density at radius 2 is 1.79 bits per heavy atom. The van der Waals surface area contributed by atoms with Crippen LogP contribution in [-0.2, 0) is 4.79 Å². The zero-order chi connectivity index (χ0) is 15.4. The number of aliphatic hydroxyl groups is 1. The number of alkyl halides is 4. The van der Waals surface area contributed by atoms with Gasteiger partial charge in [0, 0.05) is 19.0 Å². The lowest BCUT2D eigenvalue weighted by Gasteiger charge is -2.28. The quantitative estimate of drug-likeness (QED) is 0.615. The van der Waals surface area contributed by atoms with Crippen molar-refractivity contribution in [2.24, 2.45) is 11.7 Å². The van der Waals surface area contributed by atoms with Gasteiger partial charge in [-0.1, -0.05) is 13.8 Å². The first-order chi connectivity index (χ1) is 8.39. The Morgan fingerprint density at radius 3 is 2.16 bits per heavy atom. The Kier molecular flexibility index (Phi) is 6.21. The third-order valence-electron chi connectivity index (χ3n) is 2.66. The highest BCUT2D eigenvalue weighted by Crippen LogP contribution is 2.24. The molecular weight excluding hydrogens is 268 g/mol. The highest BCUT2D eigenvalue weighted by atomic mass is 19.3. The SMILES string of the molecule is CC(C)[C@H](N)[C@@H](O)C(F)(F)C(=O)NCCC(C)(F)F. The van der Waals surface area contributed by atoms with Crippen molar-refractivity contribution in [1.82, 2.24) is 5.32 Å². The second kappa shape index (κ2) is 6.51. The van der Waals surface area contributed by atoms with Crippen LogP contribution in [0, 0.1) is 5.92 Å². The fourth-order valence-corrected chi connectivity index (χ4v) is 1.25. The van der Waals surface area contributed by atoms with Gasteiger partial charge in [0.1, 0.15) is 6.10 Å². The lowest BCUT2D eigenvalue weighted by Crippen LogP contribution is -2.57. The van der Waals surface area contributed by atoms with Gasteiger partial charge in [-0.25, -0.2) is 8.78 Å². The van der Waals surface area contributed by atoms with Crippen LogP contribution < -0.4 is 11.1 Å². The van der Waals surface area contributed by atoms with E-state index in [0.29, 0.717) is 6.92 Å². The molecule has 0 radical (unpaired) electrons. The molecule has 0 aliphatic carbocycles. The smallest absolute Gasteiger partial charge is 0.351 e. The Balaban J connectivity index is 4.51. The van der Waals surface area contributed by atoms with Crippen LogP contribution in [0.25, 0.3) is 0 Å². The van der Waals surface area contributed by atoms with Crippen molar-refractivity contribution >= 4 is 5.91 Å². The fraction of sp³-hybridized carbons (Fsp3) is 0.909. The van der Waals surface area contributed by atoms with Gasteiger partial charge < -0.3 is 16.2 Å². The minimum Gasteiger partial charge on any atom is -0.385 e. The first-order valence-electron chi connectivity index (χ1n) is 5.87. The van der Waals surface area contributed by atoms with Crippen molar-refractivity contribution in [2.75, 3.05) is 6.54 Å². The van der Waals surface area contributed by atoms with E-state index in [2.05, 4.69) is 0 Å². The molecule has 0 bridgehead atoms. The van der Waals surface area contributed by atoms with E-state index in [1.54, 1.807) is 5.32 Å². The predicted octanol–water partition coefficient (Wildman–Crippen LogP) is 1.13. The summed E-state index contributed by atoms with van der Waals surface area (Å²) in [7, 11) is 0. The van der Waals surface area contributed by atoms with E-state index >= 15 is 0 Å². The molecular formula is C11H20F4N2O2. The van der Waals surface area contributed by atoms with Gasteiger partial charge in [-0.2, -0.15) is 8.78 Å². The molecule has 0 spiro atoms. The summed E-state index contributed by atoms with van der Waals surface area (Å²) in [6.45, 7) is 3.03. The van der Waals surface area contributed by atoms with Gasteiger partial charge in [-0.3, -0.25) is 4.79 Å². The van der Waals surface area contributed by atoms with Crippen molar-refractivity contribution in [2.45, 2.75) is 51.2 Å². The second-order valence-corrected chi connectivity index (χ2v) is 4.97. The van der Waals surface area contributed by atoms with E-state index in [1.165, 1.54) is 13.8 Å². The summed E-state index contributed by atoms with van der Waals surface area (Å²) in [4.78, 5) is 11.2. The van der Waals surface area contributed by atoms with E-state index in [0.717, 1.165) is 0 Å². The summed E-state index contributed by atoms with van der Waals surface area (Å²) in [6, 6.07) is -1.30. The maximum absolute atomic E-state index is 13.5. The monoisotopic (exact) mass is 288 g/mol. The number of halogens is 4. The molecule has 0 rings (SSSR count). The van der Waals surface area contributed by atoms with Crippen molar-refractivity contribution in [1.29, 1.82) is 0 Å². The maximum Gasteiger partial charge on any atom is 0.351 e. The summed E-state index contributed by atoms with van der Waals surface area (Å²) in [6.07, 6.45) is -3.13. The van der Waals surface area contributed by atoms with E-state index in [1.807, 2.05) is 0 Å². The van der Waals surface area contributed by atoms with Crippen LogP contribution in [-0.4, -0.2) is 41.5 Å². The molecule has 0 fully saturated rings. The molecule has 0 aliphatic heterocycles. The standard InChI is InChI=1S/C11H20F4N2O2/c1-6(2)7(16)8(18)11(14,15)9(19)17-5-4-10(3,12)13/h6-8,18H,4-5,16H2,1-3H3,(H,17,19)/t7-,8+/m0/s1. The zero-order valence-electron chi connectivity index (χ0n) is 11.1. The van der Waals surface area contributed by atoms with Crippen molar-refractivity contribution in [3.8, 4) is 0 Å². The van der Waals surface area contributed by atoms with Gasteiger partial charge in [-0.15, -0.1) is 0 Å². The average molecular weight is 288 g/mol. The Labute approximate surface area is 109 Å². The van der Waals surface area contributed by atoms with Gasteiger partial charge >= 0.3 is 5.92 Å². The lowest BCUT2D eigenvalue weighted by atomic mass is 9.95. The highest BCUT2D eigenvalue weighted by molar-refractivity contribution is 5.84. The fourth-order valence-electron chi connectivity index (χ4n) is 1.25. The minimum absolute atomic E-state index is 0.464. The van der Waals surface area contributed by atoms with Crippen molar-refractivity contribution in [3.63, 3.8) is 0 Å². The molecule has 0 unspecified atom stereocenters. The molecule has 0 saturated carbocycles. The van der Waals surface area contributed by atoms with Crippen LogP contribution in [0.2, 0.25) is 0 Å². The van der Waals surface area contributed by atoms with E-state index in [4.69, 9.17) is 5.73 Å². The number of hydrogen-bond donors (Lipinski definition) is 3. The Bertz CT molecular complexity index is 306. The van der Waals surface area contributed by atoms with Crippen molar-refractivity contribution < 1.29 is 27.5 Å². The molecule has 0 aromatic carbocycles. The van der Waals surface area contributed by atoms with Gasteiger partial charge in [0.05, 0.1) is 0 Å². The first kappa shape index (κ1) is 18.1. The van der Waals surface area contributed by atoms with Crippen LogP contribution >= 0.6 is 0 Å².